The first-order valence-electron chi connectivity index (χ1n) is 12.3. The molecule has 2 unspecified atom stereocenters. The minimum absolute atomic E-state index is 0.135. The minimum Gasteiger partial charge on any atom is -0.487 e. The van der Waals surface area contributed by atoms with Gasteiger partial charge in [-0.05, 0) is 66.6 Å². The van der Waals surface area contributed by atoms with Gasteiger partial charge in [-0.3, -0.25) is 9.78 Å². The second kappa shape index (κ2) is 11.7. The van der Waals surface area contributed by atoms with Gasteiger partial charge in [0.15, 0.2) is 0 Å². The average Bonchev–Trinajstić information content (AvgIpc) is 3.21. The Morgan fingerprint density at radius 1 is 1.28 bits per heavy atom. The van der Waals surface area contributed by atoms with Crippen LogP contribution in [0.4, 0.5) is 0 Å². The summed E-state index contributed by atoms with van der Waals surface area (Å²) in [4.78, 5) is 21.5. The molecule has 1 fully saturated rings. The number of ether oxygens (including phenoxy) is 1. The zero-order valence-corrected chi connectivity index (χ0v) is 22.4. The lowest BCUT2D eigenvalue weighted by molar-refractivity contribution is -0.143. The molecule has 0 amide bonds. The highest BCUT2D eigenvalue weighted by Gasteiger charge is 2.35. The fourth-order valence-electron chi connectivity index (χ4n) is 4.87. The lowest BCUT2D eigenvalue weighted by Crippen LogP contribution is -2.27. The maximum Gasteiger partial charge on any atom is 0.307 e. The summed E-state index contributed by atoms with van der Waals surface area (Å²) in [7, 11) is 0. The van der Waals surface area contributed by atoms with E-state index in [1.54, 1.807) is 6.08 Å². The highest BCUT2D eigenvalue weighted by molar-refractivity contribution is 9.11. The second-order valence-electron chi connectivity index (χ2n) is 9.37. The smallest absolute Gasteiger partial charge is 0.307 e. The summed E-state index contributed by atoms with van der Waals surface area (Å²) in [5.41, 5.74) is 4.76. The summed E-state index contributed by atoms with van der Waals surface area (Å²) < 4.78 is 9.23. The number of rotatable bonds is 9. The largest absolute Gasteiger partial charge is 0.487 e. The lowest BCUT2D eigenvalue weighted by atomic mass is 9.78. The van der Waals surface area contributed by atoms with Crippen molar-refractivity contribution in [2.45, 2.75) is 58.6 Å². The highest BCUT2D eigenvalue weighted by Crippen LogP contribution is 2.39. The maximum atomic E-state index is 12.1. The Labute approximate surface area is 220 Å². The third kappa shape index (κ3) is 6.13. The maximum absolute atomic E-state index is 12.1. The van der Waals surface area contributed by atoms with Crippen LogP contribution < -0.4 is 4.74 Å². The molecule has 1 aliphatic rings. The molecule has 188 valence electrons. The van der Waals surface area contributed by atoms with Gasteiger partial charge in [-0.2, -0.15) is 0 Å². The van der Waals surface area contributed by atoms with E-state index in [0.717, 1.165) is 63.2 Å². The van der Waals surface area contributed by atoms with Crippen LogP contribution in [0.3, 0.4) is 0 Å². The van der Waals surface area contributed by atoms with Gasteiger partial charge in [0.25, 0.3) is 0 Å². The van der Waals surface area contributed by atoms with Crippen molar-refractivity contribution in [3.8, 4) is 5.75 Å². The van der Waals surface area contributed by atoms with Crippen molar-refractivity contribution in [3.63, 3.8) is 0 Å². The number of imidazole rings is 1. The molecule has 2 heterocycles. The molecule has 7 heteroatoms. The SMILES string of the molecule is C=CC=C(C=C(C)Br)Cn1c(C2CCCCC2C(=O)O)nc2ccc(OCc3ccc(C)cn3)cc21. The summed E-state index contributed by atoms with van der Waals surface area (Å²) in [5, 5.41) is 9.96. The minimum atomic E-state index is -0.744. The van der Waals surface area contributed by atoms with Gasteiger partial charge in [0, 0.05) is 24.7 Å². The molecule has 3 aromatic rings. The number of aryl methyl sites for hydroxylation is 1. The molecule has 0 saturated heterocycles. The molecule has 36 heavy (non-hydrogen) atoms. The number of fused-ring (bicyclic) bond motifs is 1. The number of benzene rings is 1. The molecular weight excluding hydrogens is 518 g/mol. The van der Waals surface area contributed by atoms with Gasteiger partial charge in [0.2, 0.25) is 0 Å². The van der Waals surface area contributed by atoms with E-state index in [-0.39, 0.29) is 5.92 Å². The Morgan fingerprint density at radius 2 is 2.08 bits per heavy atom. The highest BCUT2D eigenvalue weighted by atomic mass is 79.9. The number of carbonyl (C=O) groups is 1. The second-order valence-corrected chi connectivity index (χ2v) is 10.6. The fourth-order valence-corrected chi connectivity index (χ4v) is 5.17. The van der Waals surface area contributed by atoms with Crippen LogP contribution in [-0.2, 0) is 17.9 Å². The van der Waals surface area contributed by atoms with Crippen LogP contribution in [-0.4, -0.2) is 25.6 Å². The van der Waals surface area contributed by atoms with Crippen LogP contribution in [0.25, 0.3) is 11.0 Å². The Balaban J connectivity index is 1.75. The molecule has 1 saturated carbocycles. The molecule has 0 radical (unpaired) electrons. The number of aliphatic carboxylic acids is 1. The number of halogens is 1. The number of pyridine rings is 1. The van der Waals surface area contributed by atoms with E-state index < -0.39 is 11.9 Å². The van der Waals surface area contributed by atoms with E-state index >= 15 is 0 Å². The van der Waals surface area contributed by atoms with Crippen molar-refractivity contribution in [2.75, 3.05) is 0 Å². The van der Waals surface area contributed by atoms with E-state index in [2.05, 4.69) is 38.1 Å². The van der Waals surface area contributed by atoms with Crippen LogP contribution in [0.1, 0.15) is 55.6 Å². The van der Waals surface area contributed by atoms with E-state index in [9.17, 15) is 9.90 Å². The number of hydrogen-bond acceptors (Lipinski definition) is 4. The number of allylic oxidation sites excluding steroid dienone is 5. The molecule has 0 spiro atoms. The van der Waals surface area contributed by atoms with Crippen LogP contribution in [0.5, 0.6) is 5.75 Å². The standard InChI is InChI=1S/C29H32BrN3O3/c1-4-7-21(14-20(3)30)17-33-27-15-23(36-18-22-11-10-19(2)16-31-22)12-13-26(27)32-28(33)24-8-5-6-9-25(24)29(34)35/h4,7,10-16,24-25H,1,5-6,8-9,17-18H2,2-3H3,(H,34,35). The van der Waals surface area contributed by atoms with Crippen molar-refractivity contribution in [1.82, 2.24) is 14.5 Å². The molecule has 0 aliphatic heterocycles. The van der Waals surface area contributed by atoms with Gasteiger partial charge in [-0.25, -0.2) is 4.98 Å². The van der Waals surface area contributed by atoms with E-state index in [4.69, 9.17) is 9.72 Å². The van der Waals surface area contributed by atoms with Crippen LogP contribution >= 0.6 is 15.9 Å². The number of carboxylic acids is 1. The number of hydrogen-bond donors (Lipinski definition) is 1. The first kappa shape index (κ1) is 25.9. The van der Waals surface area contributed by atoms with Crippen molar-refractivity contribution < 1.29 is 14.6 Å². The normalized spacial score (nSPS) is 18.9. The van der Waals surface area contributed by atoms with Crippen LogP contribution in [0, 0.1) is 12.8 Å². The van der Waals surface area contributed by atoms with Gasteiger partial charge in [0.05, 0.1) is 22.6 Å². The molecule has 1 aromatic carbocycles. The molecular formula is C29H32BrN3O3. The average molecular weight is 550 g/mol. The number of carboxylic acid groups (broad SMARTS) is 1. The van der Waals surface area contributed by atoms with Gasteiger partial charge in [0.1, 0.15) is 18.2 Å². The summed E-state index contributed by atoms with van der Waals surface area (Å²) >= 11 is 3.54. The van der Waals surface area contributed by atoms with Crippen LogP contribution in [0.2, 0.25) is 0 Å². The summed E-state index contributed by atoms with van der Waals surface area (Å²) in [6.45, 7) is 8.77. The molecule has 2 aromatic heterocycles. The summed E-state index contributed by atoms with van der Waals surface area (Å²) in [6, 6.07) is 9.85. The zero-order valence-electron chi connectivity index (χ0n) is 20.8. The number of nitrogens with zero attached hydrogens (tertiary/aromatic N) is 3. The first-order valence-corrected chi connectivity index (χ1v) is 13.1. The van der Waals surface area contributed by atoms with Crippen molar-refractivity contribution >= 4 is 32.9 Å². The lowest BCUT2D eigenvalue weighted by Gasteiger charge is -2.28. The van der Waals surface area contributed by atoms with Gasteiger partial charge in [-0.1, -0.05) is 53.6 Å². The van der Waals surface area contributed by atoms with Crippen LogP contribution in [0.15, 0.2) is 71.4 Å². The summed E-state index contributed by atoms with van der Waals surface area (Å²) in [5.74, 6) is 0.232. The third-order valence-corrected chi connectivity index (χ3v) is 6.81. The molecule has 2 atom stereocenters. The predicted octanol–water partition coefficient (Wildman–Crippen LogP) is 7.09. The molecule has 4 rings (SSSR count). The predicted molar refractivity (Wildman–Crippen MR) is 146 cm³/mol. The van der Waals surface area contributed by atoms with Crippen molar-refractivity contribution in [2.24, 2.45) is 5.92 Å². The Bertz CT molecular complexity index is 1300. The Hall–Kier alpha value is -3.19. The molecule has 6 nitrogen and oxygen atoms in total. The molecule has 0 bridgehead atoms. The Morgan fingerprint density at radius 3 is 2.78 bits per heavy atom. The third-order valence-electron chi connectivity index (χ3n) is 6.58. The summed E-state index contributed by atoms with van der Waals surface area (Å²) in [6.07, 6.45) is 11.1. The molecule has 1 N–H and O–H groups in total. The zero-order chi connectivity index (χ0) is 25.7. The topological polar surface area (TPSA) is 77.2 Å². The number of aromatic nitrogens is 3. The van der Waals surface area contributed by atoms with Gasteiger partial charge < -0.3 is 14.4 Å². The first-order chi connectivity index (χ1) is 17.4. The van der Waals surface area contributed by atoms with E-state index in [1.807, 2.05) is 56.5 Å². The molecule has 1 aliphatic carbocycles. The van der Waals surface area contributed by atoms with E-state index in [0.29, 0.717) is 19.6 Å². The monoisotopic (exact) mass is 549 g/mol. The van der Waals surface area contributed by atoms with Gasteiger partial charge >= 0.3 is 5.97 Å². The van der Waals surface area contributed by atoms with Crippen molar-refractivity contribution in [3.05, 3.63) is 88.5 Å². The quantitative estimate of drug-likeness (QED) is 0.288. The Kier molecular flexibility index (Phi) is 8.41. The van der Waals surface area contributed by atoms with E-state index in [1.165, 1.54) is 0 Å². The van der Waals surface area contributed by atoms with Gasteiger partial charge in [-0.15, -0.1) is 0 Å². The van der Waals surface area contributed by atoms with Crippen molar-refractivity contribution in [1.29, 1.82) is 0 Å². The fraction of sp³-hybridized carbons (Fsp3) is 0.345.